The van der Waals surface area contributed by atoms with Crippen molar-refractivity contribution in [2.45, 2.75) is 19.4 Å². The van der Waals surface area contributed by atoms with Crippen LogP contribution in [0.15, 0.2) is 36.4 Å². The SMILES string of the molecule is C[C@@H]1OC[C@@H]2C[C@@H]([CH]=[Ru]([Cl])[Cl])[C@@]21/C=C/c1ccccc1. The molecule has 2 fully saturated rings. The van der Waals surface area contributed by atoms with Crippen LogP contribution in [0.4, 0.5) is 0 Å². The summed E-state index contributed by atoms with van der Waals surface area (Å²) >= 11 is -1.73. The molecule has 1 aromatic rings. The van der Waals surface area contributed by atoms with Crippen molar-refractivity contribution in [3.63, 3.8) is 0 Å². The van der Waals surface area contributed by atoms with Crippen LogP contribution in [0.5, 0.6) is 0 Å². The van der Waals surface area contributed by atoms with Gasteiger partial charge >= 0.3 is 134 Å². The Bertz CT molecular complexity index is 531. The first kappa shape index (κ1) is 14.9. The first-order chi connectivity index (χ1) is 9.63. The van der Waals surface area contributed by atoms with Gasteiger partial charge in [0.15, 0.2) is 0 Å². The zero-order chi connectivity index (χ0) is 14.2. The van der Waals surface area contributed by atoms with E-state index in [9.17, 15) is 0 Å². The number of ether oxygens (including phenoxy) is 1. The standard InChI is InChI=1S/C16H18O.2ClH.Ru/c1-12-10-15-11-17-13(2)16(12,15)9-8-14-6-4-3-5-7-14;;;/h1,3-9,12-13,15H,10-11H2,2H3;2*1H;/q;;;+2/p-2/b9-8+;;;/t12-,13+,15+,16-;;;/m1.../s1. The summed E-state index contributed by atoms with van der Waals surface area (Å²) in [6.07, 6.45) is 5.97. The number of hydrogen-bond donors (Lipinski definition) is 0. The molecule has 20 heavy (non-hydrogen) atoms. The van der Waals surface area contributed by atoms with Crippen molar-refractivity contribution in [3.8, 4) is 0 Å². The molecule has 1 aromatic carbocycles. The van der Waals surface area contributed by atoms with Crippen LogP contribution in [0.25, 0.3) is 6.08 Å². The van der Waals surface area contributed by atoms with Gasteiger partial charge in [0.1, 0.15) is 0 Å². The van der Waals surface area contributed by atoms with Gasteiger partial charge in [-0.1, -0.05) is 0 Å². The van der Waals surface area contributed by atoms with Gasteiger partial charge in [-0.3, -0.25) is 0 Å². The molecule has 1 heterocycles. The minimum atomic E-state index is -1.73. The number of halogens is 2. The second kappa shape index (κ2) is 6.01. The van der Waals surface area contributed by atoms with Crippen molar-refractivity contribution in [1.29, 1.82) is 0 Å². The van der Waals surface area contributed by atoms with E-state index in [2.05, 4.69) is 48.0 Å². The van der Waals surface area contributed by atoms with Crippen LogP contribution in [0.2, 0.25) is 0 Å². The van der Waals surface area contributed by atoms with Gasteiger partial charge in [-0.25, -0.2) is 0 Å². The molecular formula is C16H18Cl2ORu. The van der Waals surface area contributed by atoms with Crippen molar-refractivity contribution >= 4 is 30.1 Å². The summed E-state index contributed by atoms with van der Waals surface area (Å²) < 4.78 is 8.10. The number of fused-ring (bicyclic) bond motifs is 1. The quantitative estimate of drug-likeness (QED) is 0.683. The minimum absolute atomic E-state index is 0.103. The molecule has 0 spiro atoms. The number of benzene rings is 1. The normalized spacial score (nSPS) is 36.5. The van der Waals surface area contributed by atoms with E-state index in [0.29, 0.717) is 11.8 Å². The number of hydrogen-bond acceptors (Lipinski definition) is 1. The maximum absolute atomic E-state index is 6.09. The summed E-state index contributed by atoms with van der Waals surface area (Å²) in [5, 5.41) is 0. The maximum atomic E-state index is 6.09. The van der Waals surface area contributed by atoms with Gasteiger partial charge in [-0.2, -0.15) is 0 Å². The molecule has 4 heteroatoms. The molecule has 0 unspecified atom stereocenters. The first-order valence-corrected chi connectivity index (χ1v) is 12.3. The Morgan fingerprint density at radius 2 is 2.05 bits per heavy atom. The Morgan fingerprint density at radius 1 is 1.30 bits per heavy atom. The summed E-state index contributed by atoms with van der Waals surface area (Å²) in [7, 11) is 12.2. The molecule has 1 aliphatic heterocycles. The van der Waals surface area contributed by atoms with Crippen molar-refractivity contribution in [3.05, 3.63) is 42.0 Å². The van der Waals surface area contributed by atoms with E-state index < -0.39 is 13.5 Å². The first-order valence-electron chi connectivity index (χ1n) is 6.82. The van der Waals surface area contributed by atoms with Crippen LogP contribution >= 0.6 is 19.4 Å². The van der Waals surface area contributed by atoms with E-state index in [0.717, 1.165) is 13.0 Å². The van der Waals surface area contributed by atoms with Gasteiger partial charge in [0, 0.05) is 0 Å². The van der Waals surface area contributed by atoms with Crippen molar-refractivity contribution < 1.29 is 18.3 Å². The molecule has 2 aliphatic rings. The Balaban J connectivity index is 1.90. The molecule has 0 aromatic heterocycles. The molecule has 0 bridgehead atoms. The monoisotopic (exact) mass is 398 g/mol. The van der Waals surface area contributed by atoms with E-state index in [1.54, 1.807) is 0 Å². The van der Waals surface area contributed by atoms with Crippen molar-refractivity contribution in [1.82, 2.24) is 0 Å². The molecule has 0 amide bonds. The molecule has 4 atom stereocenters. The van der Waals surface area contributed by atoms with Crippen molar-refractivity contribution in [2.24, 2.45) is 17.3 Å². The Kier molecular flexibility index (Phi) is 4.48. The van der Waals surface area contributed by atoms with Crippen LogP contribution in [0.1, 0.15) is 18.9 Å². The molecule has 3 rings (SSSR count). The fourth-order valence-electron chi connectivity index (χ4n) is 3.57. The molecule has 0 N–H and O–H groups in total. The summed E-state index contributed by atoms with van der Waals surface area (Å²) in [5.41, 5.74) is 1.34. The van der Waals surface area contributed by atoms with Crippen LogP contribution in [-0.2, 0) is 18.3 Å². The molecular weight excluding hydrogens is 380 g/mol. The number of rotatable bonds is 3. The van der Waals surface area contributed by atoms with Crippen molar-refractivity contribution in [2.75, 3.05) is 6.61 Å². The fourth-order valence-corrected chi connectivity index (χ4v) is 6.10. The van der Waals surface area contributed by atoms with E-state index in [1.807, 2.05) is 6.07 Å². The molecule has 0 radical (unpaired) electrons. The summed E-state index contributed by atoms with van der Waals surface area (Å²) in [5.74, 6) is 1.08. The third kappa shape index (κ3) is 2.57. The third-order valence-corrected chi connectivity index (χ3v) is 6.93. The topological polar surface area (TPSA) is 9.23 Å². The summed E-state index contributed by atoms with van der Waals surface area (Å²) in [6.45, 7) is 3.04. The summed E-state index contributed by atoms with van der Waals surface area (Å²) in [6, 6.07) is 10.4. The van der Waals surface area contributed by atoms with Crippen LogP contribution in [0, 0.1) is 17.3 Å². The average molecular weight is 398 g/mol. The van der Waals surface area contributed by atoms with Gasteiger partial charge < -0.3 is 0 Å². The molecule has 1 nitrogen and oxygen atoms in total. The van der Waals surface area contributed by atoms with Gasteiger partial charge in [-0.05, 0) is 0 Å². The Morgan fingerprint density at radius 3 is 2.70 bits per heavy atom. The van der Waals surface area contributed by atoms with E-state index in [1.165, 1.54) is 5.56 Å². The second-order valence-corrected chi connectivity index (χ2v) is 11.4. The fraction of sp³-hybridized carbons (Fsp3) is 0.438. The predicted molar refractivity (Wildman–Crippen MR) is 82.7 cm³/mol. The predicted octanol–water partition coefficient (Wildman–Crippen LogP) is 4.47. The molecule has 1 aliphatic carbocycles. The van der Waals surface area contributed by atoms with Gasteiger partial charge in [0.2, 0.25) is 0 Å². The Labute approximate surface area is 133 Å². The van der Waals surface area contributed by atoms with E-state index in [-0.39, 0.29) is 11.5 Å². The average Bonchev–Trinajstić information content (AvgIpc) is 2.67. The molecule has 110 valence electrons. The van der Waals surface area contributed by atoms with Crippen LogP contribution in [0.3, 0.4) is 0 Å². The van der Waals surface area contributed by atoms with Crippen LogP contribution in [-0.4, -0.2) is 17.3 Å². The summed E-state index contributed by atoms with van der Waals surface area (Å²) in [4.78, 5) is 0. The van der Waals surface area contributed by atoms with Gasteiger partial charge in [-0.15, -0.1) is 0 Å². The zero-order valence-electron chi connectivity index (χ0n) is 11.3. The molecule has 1 saturated heterocycles. The Hall–Kier alpha value is -0.00662. The molecule has 1 saturated carbocycles. The van der Waals surface area contributed by atoms with E-state index >= 15 is 0 Å². The van der Waals surface area contributed by atoms with Gasteiger partial charge in [0.25, 0.3) is 0 Å². The van der Waals surface area contributed by atoms with Gasteiger partial charge in [0.05, 0.1) is 0 Å². The third-order valence-electron chi connectivity index (χ3n) is 4.73. The second-order valence-electron chi connectivity index (χ2n) is 5.58. The van der Waals surface area contributed by atoms with Crippen LogP contribution < -0.4 is 0 Å². The zero-order valence-corrected chi connectivity index (χ0v) is 14.5. The van der Waals surface area contributed by atoms with E-state index in [4.69, 9.17) is 24.1 Å².